The highest BCUT2D eigenvalue weighted by Crippen LogP contribution is 2.40. The minimum atomic E-state index is 0.893. The zero-order valence-electron chi connectivity index (χ0n) is 33.4. The summed E-state index contributed by atoms with van der Waals surface area (Å²) in [5.74, 6) is 0.893. The number of hydrogen-bond acceptors (Lipinski definition) is 1. The molecule has 11 rings (SSSR count). The number of para-hydroxylation sites is 4. The van der Waals surface area contributed by atoms with Gasteiger partial charge in [0, 0.05) is 56.1 Å². The molecule has 5 heteroatoms. The van der Waals surface area contributed by atoms with E-state index in [4.69, 9.17) is 4.98 Å². The largest absolute Gasteiger partial charge is 0.317 e. The molecule has 11 aromatic rings. The molecule has 59 heavy (non-hydrogen) atoms. The van der Waals surface area contributed by atoms with Crippen molar-refractivity contribution in [2.75, 3.05) is 0 Å². The SMILES string of the molecule is C/C=C\CC.C=CC=C.c1ccc(-n2ccc3c4c5ccccc5n(-c5ccc(-n6c7ccccc7c7c8ccn(-c9ccccc9)c8ccc76)nc5)c4ccc32)cc1. The molecule has 5 nitrogen and oxygen atoms in total. The Morgan fingerprint density at radius 2 is 0.915 bits per heavy atom. The monoisotopic (exact) mass is 763 g/mol. The van der Waals surface area contributed by atoms with Gasteiger partial charge in [0.05, 0.1) is 45.0 Å². The highest BCUT2D eigenvalue weighted by Gasteiger charge is 2.19. The van der Waals surface area contributed by atoms with Gasteiger partial charge >= 0.3 is 0 Å². The third kappa shape index (κ3) is 6.43. The van der Waals surface area contributed by atoms with Crippen molar-refractivity contribution in [3.05, 3.63) is 214 Å². The normalized spacial score (nSPS) is 11.4. The number of aromatic nitrogens is 5. The van der Waals surface area contributed by atoms with Crippen LogP contribution in [-0.2, 0) is 0 Å². The molecule has 0 atom stereocenters. The van der Waals surface area contributed by atoms with Crippen LogP contribution in [0.25, 0.3) is 88.3 Å². The summed E-state index contributed by atoms with van der Waals surface area (Å²) in [6, 6.07) is 56.3. The lowest BCUT2D eigenvalue weighted by Crippen LogP contribution is -2.00. The van der Waals surface area contributed by atoms with Gasteiger partial charge in [-0.2, -0.15) is 0 Å². The number of pyridine rings is 1. The Kier molecular flexibility index (Phi) is 10.1. The zero-order chi connectivity index (χ0) is 40.3. The quantitative estimate of drug-likeness (QED) is 0.123. The van der Waals surface area contributed by atoms with E-state index in [1.807, 2.05) is 13.1 Å². The van der Waals surface area contributed by atoms with Crippen LogP contribution in [0, 0.1) is 0 Å². The Balaban J connectivity index is 0.000000455. The molecule has 0 spiro atoms. The molecule has 6 aromatic carbocycles. The van der Waals surface area contributed by atoms with Crippen molar-refractivity contribution in [1.82, 2.24) is 23.3 Å². The fraction of sp³-hybridized carbons (Fsp3) is 0.0556. The smallest absolute Gasteiger partial charge is 0.137 e. The van der Waals surface area contributed by atoms with Gasteiger partial charge in [-0.05, 0) is 98.3 Å². The second-order valence-electron chi connectivity index (χ2n) is 14.4. The highest BCUT2D eigenvalue weighted by atomic mass is 15.1. The van der Waals surface area contributed by atoms with Crippen LogP contribution < -0.4 is 0 Å². The van der Waals surface area contributed by atoms with Crippen LogP contribution in [-0.4, -0.2) is 23.3 Å². The third-order valence-corrected chi connectivity index (χ3v) is 10.9. The van der Waals surface area contributed by atoms with Crippen LogP contribution in [0.3, 0.4) is 0 Å². The molecule has 286 valence electrons. The maximum Gasteiger partial charge on any atom is 0.137 e. The van der Waals surface area contributed by atoms with E-state index in [1.54, 1.807) is 12.2 Å². The van der Waals surface area contributed by atoms with Crippen molar-refractivity contribution in [2.45, 2.75) is 20.3 Å². The van der Waals surface area contributed by atoms with Crippen LogP contribution >= 0.6 is 0 Å². The summed E-state index contributed by atoms with van der Waals surface area (Å²) in [7, 11) is 0. The Morgan fingerprint density at radius 3 is 1.37 bits per heavy atom. The van der Waals surface area contributed by atoms with Gasteiger partial charge in [0.2, 0.25) is 0 Å². The molecule has 0 N–H and O–H groups in total. The third-order valence-electron chi connectivity index (χ3n) is 10.9. The first kappa shape index (κ1) is 37.0. The molecule has 0 saturated heterocycles. The van der Waals surface area contributed by atoms with Crippen molar-refractivity contribution in [2.24, 2.45) is 0 Å². The van der Waals surface area contributed by atoms with E-state index in [0.717, 1.165) is 40.3 Å². The Hall–Kier alpha value is -7.63. The number of hydrogen-bond donors (Lipinski definition) is 0. The molecule has 0 aliphatic carbocycles. The topological polar surface area (TPSA) is 32.6 Å². The molecule has 0 saturated carbocycles. The van der Waals surface area contributed by atoms with Crippen LogP contribution in [0.1, 0.15) is 20.3 Å². The minimum absolute atomic E-state index is 0.893. The van der Waals surface area contributed by atoms with Crippen molar-refractivity contribution < 1.29 is 0 Å². The second kappa shape index (κ2) is 16.1. The first-order chi connectivity index (χ1) is 29.2. The molecule has 0 bridgehead atoms. The summed E-state index contributed by atoms with van der Waals surface area (Å²) in [6.45, 7) is 10.9. The summed E-state index contributed by atoms with van der Waals surface area (Å²) in [6.07, 6.45) is 15.0. The molecular weight excluding hydrogens is 719 g/mol. The lowest BCUT2D eigenvalue weighted by atomic mass is 10.1. The zero-order valence-corrected chi connectivity index (χ0v) is 33.4. The summed E-state index contributed by atoms with van der Waals surface area (Å²) >= 11 is 0. The molecule has 5 aromatic heterocycles. The Bertz CT molecular complexity index is 3060. The van der Waals surface area contributed by atoms with Crippen LogP contribution in [0.2, 0.25) is 0 Å². The Morgan fingerprint density at radius 1 is 0.458 bits per heavy atom. The van der Waals surface area contributed by atoms with E-state index >= 15 is 0 Å². The molecule has 5 heterocycles. The minimum Gasteiger partial charge on any atom is -0.317 e. The van der Waals surface area contributed by atoms with E-state index in [0.29, 0.717) is 0 Å². The van der Waals surface area contributed by atoms with Crippen molar-refractivity contribution in [1.29, 1.82) is 0 Å². The van der Waals surface area contributed by atoms with Crippen LogP contribution in [0.15, 0.2) is 214 Å². The molecule has 0 unspecified atom stereocenters. The number of allylic oxidation sites excluding steroid dienone is 4. The van der Waals surface area contributed by atoms with Crippen molar-refractivity contribution in [3.8, 4) is 22.9 Å². The number of fused-ring (bicyclic) bond motifs is 10. The molecule has 0 fully saturated rings. The molecule has 0 aliphatic heterocycles. The predicted octanol–water partition coefficient (Wildman–Crippen LogP) is 14.5. The molecule has 0 aliphatic rings. The van der Waals surface area contributed by atoms with Crippen LogP contribution in [0.5, 0.6) is 0 Å². The second-order valence-corrected chi connectivity index (χ2v) is 14.4. The summed E-state index contributed by atoms with van der Waals surface area (Å²) in [5, 5.41) is 7.42. The summed E-state index contributed by atoms with van der Waals surface area (Å²) < 4.78 is 9.19. The Labute approximate surface area is 344 Å². The molecular formula is C54H45N5. The maximum atomic E-state index is 5.16. The fourth-order valence-corrected chi connectivity index (χ4v) is 8.40. The lowest BCUT2D eigenvalue weighted by molar-refractivity contribution is 1.05. The van der Waals surface area contributed by atoms with Gasteiger partial charge in [0.1, 0.15) is 5.82 Å². The first-order valence-corrected chi connectivity index (χ1v) is 20.2. The van der Waals surface area contributed by atoms with Gasteiger partial charge < -0.3 is 13.7 Å². The van der Waals surface area contributed by atoms with E-state index in [9.17, 15) is 0 Å². The number of nitrogens with zero attached hydrogens (tertiary/aromatic N) is 5. The van der Waals surface area contributed by atoms with E-state index in [1.165, 1.54) is 54.4 Å². The average molecular weight is 764 g/mol. The highest BCUT2D eigenvalue weighted by molar-refractivity contribution is 6.22. The van der Waals surface area contributed by atoms with Crippen molar-refractivity contribution >= 4 is 65.4 Å². The van der Waals surface area contributed by atoms with Gasteiger partial charge in [-0.15, -0.1) is 0 Å². The number of benzene rings is 6. The van der Waals surface area contributed by atoms with Gasteiger partial charge in [-0.25, -0.2) is 4.98 Å². The maximum absolute atomic E-state index is 5.16. The van der Waals surface area contributed by atoms with Gasteiger partial charge in [-0.1, -0.05) is 117 Å². The van der Waals surface area contributed by atoms with E-state index in [-0.39, 0.29) is 0 Å². The average Bonchev–Trinajstić information content (AvgIpc) is 4.08. The van der Waals surface area contributed by atoms with Gasteiger partial charge in [0.15, 0.2) is 0 Å². The summed E-state index contributed by atoms with van der Waals surface area (Å²) in [4.78, 5) is 5.16. The molecule has 0 amide bonds. The first-order valence-electron chi connectivity index (χ1n) is 20.2. The molecule has 0 radical (unpaired) electrons. The van der Waals surface area contributed by atoms with E-state index < -0.39 is 0 Å². The predicted molar refractivity (Wildman–Crippen MR) is 252 cm³/mol. The lowest BCUT2D eigenvalue weighted by Gasteiger charge is -2.11. The van der Waals surface area contributed by atoms with Crippen molar-refractivity contribution in [3.63, 3.8) is 0 Å². The number of rotatable bonds is 6. The fourth-order valence-electron chi connectivity index (χ4n) is 8.40. The van der Waals surface area contributed by atoms with E-state index in [2.05, 4.69) is 221 Å². The standard InChI is InChI=1S/C45H29N5.C5H10.C4H6/c1-3-11-30(12-4-1)47-27-25-35-37(47)20-22-41-44(35)33-15-7-9-17-39(33)49(41)32-19-24-43(46-29-32)50-40-18-10-8-16-34(40)45-36-26-28-48(31-13-5-2-6-14-31)38(36)21-23-42(45)50;1-3-5-4-2;1-3-4-2/h1-29H;3,5H,4H2,1-2H3;3-4H,1-2H2/b;5-3-;. The van der Waals surface area contributed by atoms with Gasteiger partial charge in [0.25, 0.3) is 0 Å². The van der Waals surface area contributed by atoms with Crippen LogP contribution in [0.4, 0.5) is 0 Å². The summed E-state index contributed by atoms with van der Waals surface area (Å²) in [5.41, 5.74) is 10.4. The van der Waals surface area contributed by atoms with Gasteiger partial charge in [-0.3, -0.25) is 4.57 Å².